The molecule has 26 heavy (non-hydrogen) atoms. The van der Waals surface area contributed by atoms with Crippen LogP contribution in [0.4, 0.5) is 4.39 Å². The van der Waals surface area contributed by atoms with E-state index in [1.54, 1.807) is 12.1 Å². The highest BCUT2D eigenvalue weighted by atomic mass is 32.2. The van der Waals surface area contributed by atoms with Crippen molar-refractivity contribution in [1.82, 2.24) is 9.21 Å². The van der Waals surface area contributed by atoms with Crippen LogP contribution in [0.25, 0.3) is 0 Å². The van der Waals surface area contributed by atoms with Crippen molar-refractivity contribution in [3.63, 3.8) is 0 Å². The molecule has 0 aliphatic carbocycles. The van der Waals surface area contributed by atoms with Gasteiger partial charge in [-0.25, -0.2) is 12.8 Å². The van der Waals surface area contributed by atoms with Crippen molar-refractivity contribution < 1.29 is 17.6 Å². The molecule has 0 bridgehead atoms. The van der Waals surface area contributed by atoms with E-state index in [4.69, 9.17) is 0 Å². The van der Waals surface area contributed by atoms with Crippen molar-refractivity contribution in [3.8, 4) is 0 Å². The third-order valence-corrected chi connectivity index (χ3v) is 6.64. The van der Waals surface area contributed by atoms with Crippen LogP contribution < -0.4 is 0 Å². The highest BCUT2D eigenvalue weighted by molar-refractivity contribution is 7.89. The molecule has 0 amide bonds. The molecule has 1 saturated heterocycles. The molecule has 1 unspecified atom stereocenters. The summed E-state index contributed by atoms with van der Waals surface area (Å²) in [5, 5.41) is 0. The molecule has 2 aromatic rings. The largest absolute Gasteiger partial charge is 0.297 e. The summed E-state index contributed by atoms with van der Waals surface area (Å²) in [7, 11) is -1.73. The van der Waals surface area contributed by atoms with Crippen LogP contribution in [-0.2, 0) is 10.0 Å². The normalized spacial score (nSPS) is 19.4. The first kappa shape index (κ1) is 18.7. The third kappa shape index (κ3) is 3.70. The monoisotopic (exact) mass is 376 g/mol. The van der Waals surface area contributed by atoms with Gasteiger partial charge in [0.1, 0.15) is 5.82 Å². The second kappa shape index (κ2) is 7.26. The first-order valence-corrected chi connectivity index (χ1v) is 9.80. The molecule has 2 aromatic carbocycles. The molecule has 1 heterocycles. The molecule has 138 valence electrons. The average molecular weight is 376 g/mol. The zero-order chi connectivity index (χ0) is 18.9. The molecular weight excluding hydrogens is 355 g/mol. The second-order valence-electron chi connectivity index (χ2n) is 6.49. The fourth-order valence-corrected chi connectivity index (χ4v) is 4.56. The summed E-state index contributed by atoms with van der Waals surface area (Å²) in [5.74, 6) is -0.424. The lowest BCUT2D eigenvalue weighted by Gasteiger charge is -2.39. The van der Waals surface area contributed by atoms with E-state index in [1.165, 1.54) is 47.6 Å². The maximum absolute atomic E-state index is 13.2. The van der Waals surface area contributed by atoms with Crippen LogP contribution in [0.3, 0.4) is 0 Å². The molecule has 0 aromatic heterocycles. The Balaban J connectivity index is 1.85. The van der Waals surface area contributed by atoms with Crippen molar-refractivity contribution in [2.45, 2.75) is 17.9 Å². The number of halogens is 1. The summed E-state index contributed by atoms with van der Waals surface area (Å²) in [6.45, 7) is 2.69. The molecular formula is C19H21FN2O3S. The molecule has 0 spiro atoms. The third-order valence-electron chi connectivity index (χ3n) is 4.76. The van der Waals surface area contributed by atoms with Gasteiger partial charge in [-0.2, -0.15) is 4.31 Å². The Labute approximate surface area is 153 Å². The van der Waals surface area contributed by atoms with Crippen LogP contribution in [-0.4, -0.2) is 50.1 Å². The number of ketones is 1. The Morgan fingerprint density at radius 1 is 1.04 bits per heavy atom. The van der Waals surface area contributed by atoms with Gasteiger partial charge in [0.2, 0.25) is 10.0 Å². The molecule has 1 aliphatic rings. The van der Waals surface area contributed by atoms with Gasteiger partial charge in [0.05, 0.1) is 4.90 Å². The molecule has 0 radical (unpaired) electrons. The molecule has 1 atom stereocenters. The molecule has 3 rings (SSSR count). The van der Waals surface area contributed by atoms with E-state index in [1.807, 2.05) is 7.05 Å². The Kier molecular flexibility index (Phi) is 5.22. The topological polar surface area (TPSA) is 57.7 Å². The minimum Gasteiger partial charge on any atom is -0.297 e. The highest BCUT2D eigenvalue weighted by Gasteiger charge is 2.33. The molecule has 0 saturated carbocycles. The van der Waals surface area contributed by atoms with Crippen LogP contribution in [0.5, 0.6) is 0 Å². The number of hydrogen-bond acceptors (Lipinski definition) is 4. The summed E-state index contributed by atoms with van der Waals surface area (Å²) >= 11 is 0. The lowest BCUT2D eigenvalue weighted by molar-refractivity contribution is 0.101. The summed E-state index contributed by atoms with van der Waals surface area (Å²) in [4.78, 5) is 13.6. The number of Topliss-reactive ketones (excluding diaryl/α,β-unsaturated/α-hetero) is 1. The minimum absolute atomic E-state index is 0.107. The van der Waals surface area contributed by atoms with Crippen LogP contribution >= 0.6 is 0 Å². The number of sulfonamides is 1. The predicted octanol–water partition coefficient (Wildman–Crippen LogP) is 2.71. The van der Waals surface area contributed by atoms with Crippen molar-refractivity contribution >= 4 is 15.8 Å². The molecule has 7 heteroatoms. The molecule has 5 nitrogen and oxygen atoms in total. The lowest BCUT2D eigenvalue weighted by Crippen LogP contribution is -2.48. The zero-order valence-corrected chi connectivity index (χ0v) is 15.5. The Morgan fingerprint density at radius 3 is 2.23 bits per heavy atom. The highest BCUT2D eigenvalue weighted by Crippen LogP contribution is 2.28. The van der Waals surface area contributed by atoms with Crippen LogP contribution in [0.2, 0.25) is 0 Å². The van der Waals surface area contributed by atoms with Gasteiger partial charge in [-0.05, 0) is 43.8 Å². The van der Waals surface area contributed by atoms with E-state index in [9.17, 15) is 17.6 Å². The summed E-state index contributed by atoms with van der Waals surface area (Å²) in [5.41, 5.74) is 1.35. The fourth-order valence-electron chi connectivity index (χ4n) is 3.12. The van der Waals surface area contributed by atoms with Gasteiger partial charge in [0.25, 0.3) is 0 Å². The summed E-state index contributed by atoms with van der Waals surface area (Å²) < 4.78 is 40.6. The van der Waals surface area contributed by atoms with E-state index in [0.29, 0.717) is 25.2 Å². The molecule has 0 N–H and O–H groups in total. The van der Waals surface area contributed by atoms with Gasteiger partial charge >= 0.3 is 0 Å². The van der Waals surface area contributed by atoms with Crippen LogP contribution in [0.15, 0.2) is 53.4 Å². The Morgan fingerprint density at radius 2 is 1.65 bits per heavy atom. The second-order valence-corrected chi connectivity index (χ2v) is 8.43. The van der Waals surface area contributed by atoms with Gasteiger partial charge < -0.3 is 0 Å². The lowest BCUT2D eigenvalue weighted by atomic mass is 10.0. The van der Waals surface area contributed by atoms with Gasteiger partial charge in [-0.1, -0.05) is 24.3 Å². The van der Waals surface area contributed by atoms with Gasteiger partial charge in [-0.15, -0.1) is 0 Å². The predicted molar refractivity (Wildman–Crippen MR) is 97.0 cm³/mol. The van der Waals surface area contributed by atoms with Crippen molar-refractivity contribution in [2.75, 3.05) is 26.7 Å². The van der Waals surface area contributed by atoms with Crippen LogP contribution in [0, 0.1) is 5.82 Å². The first-order chi connectivity index (χ1) is 12.3. The smallest absolute Gasteiger partial charge is 0.243 e. The van der Waals surface area contributed by atoms with E-state index < -0.39 is 10.0 Å². The summed E-state index contributed by atoms with van der Waals surface area (Å²) in [6.07, 6.45) is 0. The van der Waals surface area contributed by atoms with Crippen LogP contribution in [0.1, 0.15) is 28.9 Å². The van der Waals surface area contributed by atoms with E-state index in [0.717, 1.165) is 5.56 Å². The van der Waals surface area contributed by atoms with E-state index in [-0.39, 0.29) is 22.5 Å². The average Bonchev–Trinajstić information content (AvgIpc) is 2.63. The number of carbonyl (C=O) groups is 1. The maximum atomic E-state index is 13.2. The quantitative estimate of drug-likeness (QED) is 0.770. The first-order valence-electron chi connectivity index (χ1n) is 8.36. The number of hydrogen-bond donors (Lipinski definition) is 0. The number of carbonyl (C=O) groups excluding carboxylic acids is 1. The van der Waals surface area contributed by atoms with Gasteiger partial charge in [-0.3, -0.25) is 9.69 Å². The minimum atomic E-state index is -3.66. The fraction of sp³-hybridized carbons (Fsp3) is 0.316. The standard InChI is InChI=1S/C19H21FN2O3S/c1-14(23)15-5-9-18(10-6-15)26(24,25)22-12-11-21(2)19(13-22)16-3-7-17(20)8-4-16/h3-10,19H,11-13H2,1-2H3. The SMILES string of the molecule is CC(=O)c1ccc(S(=O)(=O)N2CCN(C)C(c3ccc(F)cc3)C2)cc1. The zero-order valence-electron chi connectivity index (χ0n) is 14.7. The number of nitrogens with zero attached hydrogens (tertiary/aromatic N) is 2. The number of piperazine rings is 1. The number of likely N-dealkylation sites (N-methyl/N-ethyl adjacent to an activating group) is 1. The van der Waals surface area contributed by atoms with Crippen molar-refractivity contribution in [2.24, 2.45) is 0 Å². The Hall–Kier alpha value is -2.09. The Bertz CT molecular complexity index is 895. The number of benzene rings is 2. The van der Waals surface area contributed by atoms with Crippen molar-refractivity contribution in [1.29, 1.82) is 0 Å². The number of rotatable bonds is 4. The summed E-state index contributed by atoms with van der Waals surface area (Å²) in [6, 6.07) is 12.0. The molecule has 1 aliphatic heterocycles. The van der Waals surface area contributed by atoms with Gasteiger partial charge in [0.15, 0.2) is 5.78 Å². The van der Waals surface area contributed by atoms with E-state index in [2.05, 4.69) is 4.90 Å². The van der Waals surface area contributed by atoms with Gasteiger partial charge in [0, 0.05) is 31.2 Å². The maximum Gasteiger partial charge on any atom is 0.243 e. The van der Waals surface area contributed by atoms with E-state index >= 15 is 0 Å². The molecule has 1 fully saturated rings. The van der Waals surface area contributed by atoms with Crippen molar-refractivity contribution in [3.05, 3.63) is 65.5 Å².